The number of benzene rings is 2. The molecule has 1 N–H and O–H groups in total. The Labute approximate surface area is 134 Å². The molecule has 0 atom stereocenters. The maximum Gasteiger partial charge on any atom is 0.235 e. The topological polar surface area (TPSA) is 50.4 Å². The van der Waals surface area contributed by atoms with Gasteiger partial charge in [-0.3, -0.25) is 4.79 Å². The number of hydrogen-bond acceptors (Lipinski definition) is 3. The summed E-state index contributed by atoms with van der Waals surface area (Å²) in [5, 5.41) is 10.6. The van der Waals surface area contributed by atoms with Crippen molar-refractivity contribution in [3.05, 3.63) is 76.0 Å². The molecule has 2 aromatic carbocycles. The predicted octanol–water partition coefficient (Wildman–Crippen LogP) is 4.67. The van der Waals surface area contributed by atoms with Gasteiger partial charge in [0.05, 0.1) is 5.39 Å². The first-order chi connectivity index (χ1) is 11.1. The zero-order chi connectivity index (χ0) is 16.4. The minimum Gasteiger partial charge on any atom is -0.502 e. The third kappa shape index (κ3) is 2.90. The molecule has 0 aliphatic carbocycles. The second-order valence-corrected chi connectivity index (χ2v) is 5.75. The smallest absolute Gasteiger partial charge is 0.235 e. The number of fused-ring (bicyclic) bond motifs is 1. The molecule has 0 saturated carbocycles. The van der Waals surface area contributed by atoms with Gasteiger partial charge in [-0.25, -0.2) is 0 Å². The fourth-order valence-corrected chi connectivity index (χ4v) is 2.53. The summed E-state index contributed by atoms with van der Waals surface area (Å²) < 4.78 is 5.94. The molecule has 116 valence electrons. The highest BCUT2D eigenvalue weighted by Crippen LogP contribution is 2.31. The lowest BCUT2D eigenvalue weighted by Crippen LogP contribution is -2.04. The van der Waals surface area contributed by atoms with Crippen molar-refractivity contribution in [2.75, 3.05) is 0 Å². The lowest BCUT2D eigenvalue weighted by molar-refractivity contribution is 0.449. The number of aromatic hydroxyl groups is 1. The summed E-state index contributed by atoms with van der Waals surface area (Å²) in [5.41, 5.74) is 2.95. The second-order valence-electron chi connectivity index (χ2n) is 5.75. The lowest BCUT2D eigenvalue weighted by Gasteiger charge is -2.08. The molecule has 0 amide bonds. The summed E-state index contributed by atoms with van der Waals surface area (Å²) >= 11 is 0. The van der Waals surface area contributed by atoms with E-state index in [9.17, 15) is 9.90 Å². The molecule has 0 spiro atoms. The van der Waals surface area contributed by atoms with Gasteiger partial charge in [0.25, 0.3) is 0 Å². The highest BCUT2D eigenvalue weighted by atomic mass is 16.4. The van der Waals surface area contributed by atoms with Crippen LogP contribution in [0.15, 0.2) is 69.4 Å². The van der Waals surface area contributed by atoms with E-state index in [1.54, 1.807) is 6.07 Å². The molecule has 1 heterocycles. The van der Waals surface area contributed by atoms with Crippen LogP contribution >= 0.6 is 0 Å². The third-order valence-corrected chi connectivity index (χ3v) is 3.74. The van der Waals surface area contributed by atoms with Gasteiger partial charge in [0.1, 0.15) is 5.58 Å². The number of allylic oxidation sites excluding steroid dienone is 2. The monoisotopic (exact) mass is 306 g/mol. The summed E-state index contributed by atoms with van der Waals surface area (Å²) in [6, 6.07) is 14.6. The minimum absolute atomic E-state index is 0.216. The summed E-state index contributed by atoms with van der Waals surface area (Å²) in [4.78, 5) is 12.5. The van der Waals surface area contributed by atoms with Crippen molar-refractivity contribution < 1.29 is 9.52 Å². The van der Waals surface area contributed by atoms with E-state index in [1.165, 1.54) is 5.57 Å². The van der Waals surface area contributed by atoms with Gasteiger partial charge in [-0.15, -0.1) is 0 Å². The van der Waals surface area contributed by atoms with E-state index in [4.69, 9.17) is 4.42 Å². The van der Waals surface area contributed by atoms with Crippen LogP contribution in [0, 0.1) is 0 Å². The molecule has 0 fully saturated rings. The van der Waals surface area contributed by atoms with Crippen LogP contribution in [-0.4, -0.2) is 5.11 Å². The van der Waals surface area contributed by atoms with E-state index in [-0.39, 0.29) is 11.5 Å². The summed E-state index contributed by atoms with van der Waals surface area (Å²) in [5.74, 6) is -0.129. The molecular weight excluding hydrogens is 288 g/mol. The second kappa shape index (κ2) is 6.13. The Kier molecular flexibility index (Phi) is 4.02. The summed E-state index contributed by atoms with van der Waals surface area (Å²) in [7, 11) is 0. The Morgan fingerprint density at radius 1 is 1.09 bits per heavy atom. The molecule has 0 radical (unpaired) electrons. The van der Waals surface area contributed by atoms with Crippen LogP contribution in [0.4, 0.5) is 0 Å². The molecular formula is C20H18O3. The van der Waals surface area contributed by atoms with Crippen molar-refractivity contribution in [1.82, 2.24) is 0 Å². The van der Waals surface area contributed by atoms with Gasteiger partial charge in [-0.2, -0.15) is 0 Å². The molecule has 3 aromatic rings. The highest BCUT2D eigenvalue weighted by Gasteiger charge is 2.16. The molecule has 23 heavy (non-hydrogen) atoms. The average Bonchev–Trinajstić information content (AvgIpc) is 2.57. The first-order valence-electron chi connectivity index (χ1n) is 7.54. The Morgan fingerprint density at radius 2 is 1.83 bits per heavy atom. The van der Waals surface area contributed by atoms with Gasteiger partial charge < -0.3 is 9.52 Å². The molecule has 1 aromatic heterocycles. The molecule has 0 saturated heterocycles. The fourth-order valence-electron chi connectivity index (χ4n) is 2.53. The summed E-state index contributed by atoms with van der Waals surface area (Å²) in [6.45, 7) is 4.06. The Balaban J connectivity index is 2.28. The van der Waals surface area contributed by atoms with Crippen molar-refractivity contribution in [2.24, 2.45) is 0 Å². The molecule has 0 bridgehead atoms. The SMILES string of the molecule is CC(C)=CCc1cccc2c(=O)c(O)c(-c3ccccc3)oc12. The Morgan fingerprint density at radius 3 is 2.52 bits per heavy atom. The van der Waals surface area contributed by atoms with Crippen molar-refractivity contribution >= 4 is 11.0 Å². The predicted molar refractivity (Wildman–Crippen MR) is 92.7 cm³/mol. The van der Waals surface area contributed by atoms with Crippen molar-refractivity contribution in [3.8, 4) is 17.1 Å². The van der Waals surface area contributed by atoms with Crippen LogP contribution in [0.2, 0.25) is 0 Å². The molecule has 3 rings (SSSR count). The zero-order valence-electron chi connectivity index (χ0n) is 13.2. The first-order valence-corrected chi connectivity index (χ1v) is 7.54. The third-order valence-electron chi connectivity index (χ3n) is 3.74. The Bertz CT molecular complexity index is 930. The van der Waals surface area contributed by atoms with Crippen molar-refractivity contribution in [3.63, 3.8) is 0 Å². The van der Waals surface area contributed by atoms with Crippen LogP contribution in [0.3, 0.4) is 0 Å². The van der Waals surface area contributed by atoms with Gasteiger partial charge in [-0.05, 0) is 31.9 Å². The molecule has 0 aliphatic heterocycles. The van der Waals surface area contributed by atoms with E-state index < -0.39 is 5.43 Å². The summed E-state index contributed by atoms with van der Waals surface area (Å²) in [6.07, 6.45) is 2.77. The molecule has 0 aliphatic rings. The minimum atomic E-state index is -0.399. The van der Waals surface area contributed by atoms with E-state index in [0.717, 1.165) is 5.56 Å². The quantitative estimate of drug-likeness (QED) is 0.715. The van der Waals surface area contributed by atoms with Gasteiger partial charge in [-0.1, -0.05) is 54.1 Å². The zero-order valence-corrected chi connectivity index (χ0v) is 13.2. The maximum absolute atomic E-state index is 12.5. The number of rotatable bonds is 3. The molecule has 3 heteroatoms. The van der Waals surface area contributed by atoms with Crippen molar-refractivity contribution in [1.29, 1.82) is 0 Å². The van der Waals surface area contributed by atoms with Crippen LogP contribution < -0.4 is 5.43 Å². The maximum atomic E-state index is 12.5. The first kappa shape index (κ1) is 15.1. The van der Waals surface area contributed by atoms with Gasteiger partial charge in [0.2, 0.25) is 11.2 Å². The van der Waals surface area contributed by atoms with Gasteiger partial charge in [0.15, 0.2) is 5.76 Å². The molecule has 3 nitrogen and oxygen atoms in total. The number of hydrogen-bond donors (Lipinski definition) is 1. The largest absolute Gasteiger partial charge is 0.502 e. The normalized spacial score (nSPS) is 10.7. The van der Waals surface area contributed by atoms with Crippen LogP contribution in [0.25, 0.3) is 22.3 Å². The lowest BCUT2D eigenvalue weighted by atomic mass is 10.0. The van der Waals surface area contributed by atoms with E-state index in [2.05, 4.69) is 6.08 Å². The van der Waals surface area contributed by atoms with Crippen LogP contribution in [0.5, 0.6) is 5.75 Å². The Hall–Kier alpha value is -2.81. The standard InChI is InChI=1S/C20H18O3/c1-13(2)11-12-15-9-6-10-16-17(21)18(22)20(23-19(15)16)14-7-4-3-5-8-14/h3-11,22H,12H2,1-2H3. The van der Waals surface area contributed by atoms with Crippen LogP contribution in [0.1, 0.15) is 19.4 Å². The van der Waals surface area contributed by atoms with E-state index >= 15 is 0 Å². The van der Waals surface area contributed by atoms with Gasteiger partial charge >= 0.3 is 0 Å². The molecule has 0 unspecified atom stereocenters. The van der Waals surface area contributed by atoms with E-state index in [1.807, 2.05) is 56.3 Å². The van der Waals surface area contributed by atoms with Crippen molar-refractivity contribution in [2.45, 2.75) is 20.3 Å². The van der Waals surface area contributed by atoms with Gasteiger partial charge in [0, 0.05) is 5.56 Å². The fraction of sp³-hybridized carbons (Fsp3) is 0.150. The van der Waals surface area contributed by atoms with E-state index in [0.29, 0.717) is 23.0 Å². The highest BCUT2D eigenvalue weighted by molar-refractivity contribution is 5.84. The van der Waals surface area contributed by atoms with Crippen LogP contribution in [-0.2, 0) is 6.42 Å². The average molecular weight is 306 g/mol. The number of para-hydroxylation sites is 1.